The Morgan fingerprint density at radius 1 is 1.20 bits per heavy atom. The zero-order chi connectivity index (χ0) is 10.9. The molecule has 0 saturated carbocycles. The van der Waals surface area contributed by atoms with Crippen LogP contribution in [-0.4, -0.2) is 38.7 Å². The molecule has 2 saturated heterocycles. The van der Waals surface area contributed by atoms with Crippen molar-refractivity contribution in [1.29, 1.82) is 0 Å². The van der Waals surface area contributed by atoms with E-state index in [0.29, 0.717) is 25.4 Å². The topological polar surface area (TPSA) is 72.5 Å². The lowest BCUT2D eigenvalue weighted by Crippen LogP contribution is -2.47. The minimum Gasteiger partial charge on any atom is -0.449 e. The SMILES string of the molecule is O=C1NC(C2CCS(=O)(=O)CC2)CCO1. The van der Waals surface area contributed by atoms with Crippen molar-refractivity contribution in [1.82, 2.24) is 5.32 Å². The molecule has 0 radical (unpaired) electrons. The minimum absolute atomic E-state index is 0.0988. The first-order valence-corrected chi connectivity index (χ1v) is 7.03. The molecule has 1 amide bonds. The molecule has 5 nitrogen and oxygen atoms in total. The van der Waals surface area contributed by atoms with Gasteiger partial charge < -0.3 is 10.1 Å². The summed E-state index contributed by atoms with van der Waals surface area (Å²) in [4.78, 5) is 11.0. The number of alkyl carbamates (subject to hydrolysis) is 1. The van der Waals surface area contributed by atoms with Gasteiger partial charge in [-0.3, -0.25) is 0 Å². The lowest BCUT2D eigenvalue weighted by atomic mass is 9.91. The number of amides is 1. The highest BCUT2D eigenvalue weighted by Crippen LogP contribution is 2.25. The van der Waals surface area contributed by atoms with Gasteiger partial charge in [-0.15, -0.1) is 0 Å². The third kappa shape index (κ3) is 2.62. The number of rotatable bonds is 1. The molecule has 1 unspecified atom stereocenters. The van der Waals surface area contributed by atoms with Gasteiger partial charge in [0.15, 0.2) is 0 Å². The van der Waals surface area contributed by atoms with E-state index in [1.807, 2.05) is 0 Å². The number of hydrogen-bond donors (Lipinski definition) is 1. The van der Waals surface area contributed by atoms with Crippen LogP contribution in [0.5, 0.6) is 0 Å². The van der Waals surface area contributed by atoms with E-state index < -0.39 is 9.84 Å². The maximum absolute atomic E-state index is 11.2. The molecule has 0 bridgehead atoms. The van der Waals surface area contributed by atoms with Gasteiger partial charge in [0.05, 0.1) is 18.1 Å². The lowest BCUT2D eigenvalue weighted by Gasteiger charge is -2.32. The average Bonchev–Trinajstić information content (AvgIpc) is 2.17. The van der Waals surface area contributed by atoms with Crippen LogP contribution in [0.25, 0.3) is 0 Å². The summed E-state index contributed by atoms with van der Waals surface area (Å²) >= 11 is 0. The average molecular weight is 233 g/mol. The first-order valence-electron chi connectivity index (χ1n) is 5.20. The summed E-state index contributed by atoms with van der Waals surface area (Å²) in [6.45, 7) is 0.444. The van der Waals surface area contributed by atoms with Crippen LogP contribution in [0.3, 0.4) is 0 Å². The van der Waals surface area contributed by atoms with Crippen LogP contribution in [0.4, 0.5) is 4.79 Å². The second-order valence-corrected chi connectivity index (χ2v) is 6.47. The normalized spacial score (nSPS) is 31.7. The van der Waals surface area contributed by atoms with Crippen LogP contribution in [0.2, 0.25) is 0 Å². The summed E-state index contributed by atoms with van der Waals surface area (Å²) in [5.41, 5.74) is 0. The van der Waals surface area contributed by atoms with Crippen LogP contribution in [0, 0.1) is 5.92 Å². The summed E-state index contributed by atoms with van der Waals surface area (Å²) < 4.78 is 27.2. The van der Waals surface area contributed by atoms with Gasteiger partial charge in [-0.2, -0.15) is 0 Å². The molecule has 6 heteroatoms. The highest BCUT2D eigenvalue weighted by Gasteiger charge is 2.32. The molecule has 2 aliphatic heterocycles. The van der Waals surface area contributed by atoms with Gasteiger partial charge in [0.25, 0.3) is 0 Å². The van der Waals surface area contributed by atoms with Gasteiger partial charge in [-0.05, 0) is 18.8 Å². The van der Waals surface area contributed by atoms with Crippen LogP contribution in [0.15, 0.2) is 0 Å². The fourth-order valence-electron chi connectivity index (χ4n) is 2.21. The standard InChI is InChI=1S/C9H15NO4S/c11-9-10-8(1-4-14-9)7-2-5-15(12,13)6-3-7/h7-8H,1-6H2,(H,10,11). The molecule has 0 aliphatic carbocycles. The Kier molecular flexibility index (Phi) is 2.86. The molecule has 0 spiro atoms. The Morgan fingerprint density at radius 2 is 1.87 bits per heavy atom. The van der Waals surface area contributed by atoms with Crippen LogP contribution in [0.1, 0.15) is 19.3 Å². The van der Waals surface area contributed by atoms with Gasteiger partial charge in [0, 0.05) is 12.5 Å². The molecule has 15 heavy (non-hydrogen) atoms. The Bertz CT molecular complexity index is 337. The van der Waals surface area contributed by atoms with Crippen molar-refractivity contribution < 1.29 is 17.9 Å². The highest BCUT2D eigenvalue weighted by molar-refractivity contribution is 7.91. The number of cyclic esters (lactones) is 1. The predicted molar refractivity (Wildman–Crippen MR) is 54.3 cm³/mol. The minimum atomic E-state index is -2.81. The monoisotopic (exact) mass is 233 g/mol. The van der Waals surface area contributed by atoms with Crippen molar-refractivity contribution in [2.24, 2.45) is 5.92 Å². The summed E-state index contributed by atoms with van der Waals surface area (Å²) in [7, 11) is -2.81. The third-order valence-electron chi connectivity index (χ3n) is 3.13. The van der Waals surface area contributed by atoms with Gasteiger partial charge in [0.2, 0.25) is 0 Å². The molecule has 2 rings (SSSR count). The van der Waals surface area contributed by atoms with Crippen LogP contribution >= 0.6 is 0 Å². The number of carbonyl (C=O) groups excluding carboxylic acids is 1. The van der Waals surface area contributed by atoms with E-state index >= 15 is 0 Å². The first-order chi connectivity index (χ1) is 7.07. The molecule has 86 valence electrons. The van der Waals surface area contributed by atoms with E-state index in [-0.39, 0.29) is 23.6 Å². The van der Waals surface area contributed by atoms with Gasteiger partial charge >= 0.3 is 6.09 Å². The quantitative estimate of drug-likeness (QED) is 0.707. The molecule has 0 aromatic rings. The Morgan fingerprint density at radius 3 is 2.47 bits per heavy atom. The van der Waals surface area contributed by atoms with Crippen molar-refractivity contribution in [2.75, 3.05) is 18.1 Å². The van der Waals surface area contributed by atoms with E-state index in [4.69, 9.17) is 4.74 Å². The van der Waals surface area contributed by atoms with Crippen molar-refractivity contribution in [2.45, 2.75) is 25.3 Å². The van der Waals surface area contributed by atoms with Crippen molar-refractivity contribution in [3.63, 3.8) is 0 Å². The number of carbonyl (C=O) groups is 1. The molecule has 2 heterocycles. The fraction of sp³-hybridized carbons (Fsp3) is 0.889. The van der Waals surface area contributed by atoms with Gasteiger partial charge in [-0.1, -0.05) is 0 Å². The molecule has 2 aliphatic rings. The summed E-state index contributed by atoms with van der Waals surface area (Å²) in [6.07, 6.45) is 1.73. The number of sulfone groups is 1. The van der Waals surface area contributed by atoms with Crippen molar-refractivity contribution in [3.05, 3.63) is 0 Å². The zero-order valence-corrected chi connectivity index (χ0v) is 9.26. The van der Waals surface area contributed by atoms with E-state index in [1.165, 1.54) is 0 Å². The number of hydrogen-bond acceptors (Lipinski definition) is 4. The molecule has 0 aromatic carbocycles. The third-order valence-corrected chi connectivity index (χ3v) is 4.85. The zero-order valence-electron chi connectivity index (χ0n) is 8.44. The molecular formula is C9H15NO4S. The first kappa shape index (κ1) is 10.7. The Labute approximate surface area is 89.1 Å². The van der Waals surface area contributed by atoms with Crippen LogP contribution in [-0.2, 0) is 14.6 Å². The maximum Gasteiger partial charge on any atom is 0.407 e. The predicted octanol–water partition coefficient (Wildman–Crippen LogP) is 0.310. The van der Waals surface area contributed by atoms with E-state index in [0.717, 1.165) is 6.42 Å². The highest BCUT2D eigenvalue weighted by atomic mass is 32.2. The summed E-state index contributed by atoms with van der Waals surface area (Å²) in [6, 6.07) is 0.0988. The summed E-state index contributed by atoms with van der Waals surface area (Å²) in [5, 5.41) is 2.76. The molecule has 2 fully saturated rings. The molecule has 1 N–H and O–H groups in total. The largest absolute Gasteiger partial charge is 0.449 e. The number of nitrogens with one attached hydrogen (secondary N) is 1. The van der Waals surface area contributed by atoms with Gasteiger partial charge in [0.1, 0.15) is 9.84 Å². The van der Waals surface area contributed by atoms with Crippen molar-refractivity contribution >= 4 is 15.9 Å². The Balaban J connectivity index is 1.92. The fourth-order valence-corrected chi connectivity index (χ4v) is 3.74. The van der Waals surface area contributed by atoms with E-state index in [1.54, 1.807) is 0 Å². The maximum atomic E-state index is 11.2. The smallest absolute Gasteiger partial charge is 0.407 e. The second-order valence-electron chi connectivity index (χ2n) is 4.16. The number of ether oxygens (including phenoxy) is 1. The van der Waals surface area contributed by atoms with Gasteiger partial charge in [-0.25, -0.2) is 13.2 Å². The molecule has 1 atom stereocenters. The van der Waals surface area contributed by atoms with E-state index in [9.17, 15) is 13.2 Å². The molecule has 0 aromatic heterocycles. The van der Waals surface area contributed by atoms with Crippen molar-refractivity contribution in [3.8, 4) is 0 Å². The molecular weight excluding hydrogens is 218 g/mol. The second kappa shape index (κ2) is 4.00. The summed E-state index contributed by atoms with van der Waals surface area (Å²) in [5.74, 6) is 0.803. The Hall–Kier alpha value is -0.780. The van der Waals surface area contributed by atoms with E-state index in [2.05, 4.69) is 5.32 Å². The lowest BCUT2D eigenvalue weighted by molar-refractivity contribution is 0.102. The van der Waals surface area contributed by atoms with Crippen LogP contribution < -0.4 is 5.32 Å².